The summed E-state index contributed by atoms with van der Waals surface area (Å²) in [6.07, 6.45) is 2.17. The van der Waals surface area contributed by atoms with Gasteiger partial charge in [0.2, 0.25) is 0 Å². The van der Waals surface area contributed by atoms with E-state index in [-0.39, 0.29) is 23.1 Å². The number of rotatable bonds is 6. The van der Waals surface area contributed by atoms with Crippen molar-refractivity contribution in [1.29, 1.82) is 0 Å². The van der Waals surface area contributed by atoms with Gasteiger partial charge in [0.15, 0.2) is 0 Å². The highest BCUT2D eigenvalue weighted by molar-refractivity contribution is 9.10. The fourth-order valence-corrected chi connectivity index (χ4v) is 4.09. The molecule has 0 radical (unpaired) electrons. The van der Waals surface area contributed by atoms with E-state index in [1.54, 1.807) is 28.1 Å². The zero-order chi connectivity index (χ0) is 20.3. The quantitative estimate of drug-likeness (QED) is 0.673. The minimum Gasteiger partial charge on any atom is -0.462 e. The van der Waals surface area contributed by atoms with Crippen LogP contribution in [0.2, 0.25) is 0 Å². The number of carbonyl (C=O) groups excluding carboxylic acids is 3. The summed E-state index contributed by atoms with van der Waals surface area (Å²) >= 11 is 4.33. The van der Waals surface area contributed by atoms with E-state index in [9.17, 15) is 14.4 Å². The van der Waals surface area contributed by atoms with Gasteiger partial charge in [-0.15, -0.1) is 11.3 Å². The maximum absolute atomic E-state index is 12.7. The molecular formula is C17H21BrN4O4S. The van der Waals surface area contributed by atoms with Crippen LogP contribution in [0, 0.1) is 6.92 Å². The number of thiophene rings is 1. The van der Waals surface area contributed by atoms with Crippen LogP contribution in [0.1, 0.15) is 49.4 Å². The van der Waals surface area contributed by atoms with Crippen molar-refractivity contribution in [3.05, 3.63) is 32.4 Å². The average Bonchev–Trinajstić information content (AvgIpc) is 3.11. The Morgan fingerprint density at radius 2 is 2.04 bits per heavy atom. The van der Waals surface area contributed by atoms with Crippen molar-refractivity contribution in [1.82, 2.24) is 14.7 Å². The first-order chi connectivity index (χ1) is 12.7. The Bertz CT molecular complexity index is 868. The van der Waals surface area contributed by atoms with Crippen molar-refractivity contribution in [3.63, 3.8) is 0 Å². The topological polar surface area (TPSA) is 93.5 Å². The second kappa shape index (κ2) is 8.66. The molecule has 0 spiro atoms. The lowest BCUT2D eigenvalue weighted by atomic mass is 10.1. The Balaban J connectivity index is 2.47. The van der Waals surface area contributed by atoms with Gasteiger partial charge in [-0.3, -0.25) is 14.3 Å². The van der Waals surface area contributed by atoms with Crippen molar-refractivity contribution in [3.8, 4) is 0 Å². The molecule has 8 nitrogen and oxygen atoms in total. The molecule has 2 amide bonds. The van der Waals surface area contributed by atoms with Gasteiger partial charge >= 0.3 is 5.97 Å². The Morgan fingerprint density at radius 1 is 1.37 bits per heavy atom. The third-order valence-electron chi connectivity index (χ3n) is 3.72. The number of nitrogens with one attached hydrogen (secondary N) is 1. The van der Waals surface area contributed by atoms with Crippen LogP contribution in [-0.2, 0) is 11.8 Å². The van der Waals surface area contributed by atoms with Gasteiger partial charge in [-0.1, -0.05) is 6.92 Å². The van der Waals surface area contributed by atoms with Crippen LogP contribution < -0.4 is 5.32 Å². The van der Waals surface area contributed by atoms with Crippen molar-refractivity contribution < 1.29 is 19.1 Å². The van der Waals surface area contributed by atoms with E-state index in [0.29, 0.717) is 27.0 Å². The summed E-state index contributed by atoms with van der Waals surface area (Å²) in [7, 11) is 4.89. The van der Waals surface area contributed by atoms with Crippen LogP contribution in [0.4, 0.5) is 5.00 Å². The van der Waals surface area contributed by atoms with Gasteiger partial charge in [-0.25, -0.2) is 4.79 Å². The van der Waals surface area contributed by atoms with Crippen molar-refractivity contribution in [2.45, 2.75) is 20.3 Å². The smallest absolute Gasteiger partial charge is 0.341 e. The van der Waals surface area contributed by atoms with Crippen LogP contribution in [-0.4, -0.2) is 53.2 Å². The molecule has 0 bridgehead atoms. The van der Waals surface area contributed by atoms with Gasteiger partial charge < -0.3 is 15.0 Å². The summed E-state index contributed by atoms with van der Waals surface area (Å²) in [5.41, 5.74) is 0.985. The first kappa shape index (κ1) is 21.1. The van der Waals surface area contributed by atoms with Gasteiger partial charge in [0.25, 0.3) is 11.8 Å². The minimum absolute atomic E-state index is 0.199. The Morgan fingerprint density at radius 3 is 2.56 bits per heavy atom. The van der Waals surface area contributed by atoms with Crippen LogP contribution in [0.3, 0.4) is 0 Å². The Labute approximate surface area is 169 Å². The third kappa shape index (κ3) is 4.38. The van der Waals surface area contributed by atoms with Crippen LogP contribution in [0.15, 0.2) is 10.7 Å². The SMILES string of the molecule is CCCOC(=O)c1c(NC(=O)c2c(Br)cnn2C)sc(C(=O)N(C)C)c1C. The fraction of sp³-hybridized carbons (Fsp3) is 0.412. The molecule has 146 valence electrons. The van der Waals surface area contributed by atoms with Crippen LogP contribution in [0.25, 0.3) is 0 Å². The lowest BCUT2D eigenvalue weighted by Gasteiger charge is -2.09. The van der Waals surface area contributed by atoms with E-state index in [0.717, 1.165) is 11.3 Å². The number of ether oxygens (including phenoxy) is 1. The molecule has 0 atom stereocenters. The van der Waals surface area contributed by atoms with Crippen molar-refractivity contribution in [2.75, 3.05) is 26.0 Å². The summed E-state index contributed by atoms with van der Waals surface area (Å²) in [5, 5.41) is 7.01. The van der Waals surface area contributed by atoms with Gasteiger partial charge in [0, 0.05) is 21.1 Å². The highest BCUT2D eigenvalue weighted by Gasteiger charge is 2.28. The van der Waals surface area contributed by atoms with Crippen molar-refractivity contribution >= 4 is 50.1 Å². The summed E-state index contributed by atoms with van der Waals surface area (Å²) in [6.45, 7) is 3.81. The van der Waals surface area contributed by atoms with E-state index in [1.165, 1.54) is 15.8 Å². The second-order valence-corrected chi connectivity index (χ2v) is 7.89. The molecular weight excluding hydrogens is 436 g/mol. The van der Waals surface area contributed by atoms with Crippen molar-refractivity contribution in [2.24, 2.45) is 7.05 Å². The number of hydrogen-bond acceptors (Lipinski definition) is 6. The van der Waals surface area contributed by atoms with Crippen LogP contribution >= 0.6 is 27.3 Å². The lowest BCUT2D eigenvalue weighted by Crippen LogP contribution is -2.21. The minimum atomic E-state index is -0.567. The van der Waals surface area contributed by atoms with E-state index in [1.807, 2.05) is 6.92 Å². The standard InChI is InChI=1S/C17H21BrN4O4S/c1-6-7-26-17(25)11-9(2)13(16(24)21(3)4)27-15(11)20-14(23)12-10(18)8-19-22(12)5/h8H,6-7H2,1-5H3,(H,20,23). The molecule has 2 aromatic heterocycles. The maximum Gasteiger partial charge on any atom is 0.341 e. The molecule has 0 aliphatic carbocycles. The Kier molecular flexibility index (Phi) is 6.77. The highest BCUT2D eigenvalue weighted by atomic mass is 79.9. The van der Waals surface area contributed by atoms with Gasteiger partial charge in [-0.05, 0) is 34.8 Å². The number of anilines is 1. The molecule has 2 heterocycles. The molecule has 2 aromatic rings. The molecule has 1 N–H and O–H groups in total. The maximum atomic E-state index is 12.7. The number of aryl methyl sites for hydroxylation is 1. The molecule has 0 aliphatic heterocycles. The molecule has 0 unspecified atom stereocenters. The molecule has 27 heavy (non-hydrogen) atoms. The first-order valence-corrected chi connectivity index (χ1v) is 9.80. The zero-order valence-electron chi connectivity index (χ0n) is 15.8. The summed E-state index contributed by atoms with van der Waals surface area (Å²) in [6, 6.07) is 0. The van der Waals surface area contributed by atoms with E-state index in [4.69, 9.17) is 4.74 Å². The summed E-state index contributed by atoms with van der Waals surface area (Å²) < 4.78 is 7.18. The number of halogens is 1. The normalized spacial score (nSPS) is 10.6. The van der Waals surface area contributed by atoms with Gasteiger partial charge in [0.1, 0.15) is 10.7 Å². The first-order valence-electron chi connectivity index (χ1n) is 8.20. The van der Waals surface area contributed by atoms with E-state index in [2.05, 4.69) is 26.3 Å². The van der Waals surface area contributed by atoms with E-state index < -0.39 is 11.9 Å². The molecule has 2 rings (SSSR count). The Hall–Kier alpha value is -2.20. The molecule has 0 aromatic carbocycles. The number of esters is 1. The largest absolute Gasteiger partial charge is 0.462 e. The highest BCUT2D eigenvalue weighted by Crippen LogP contribution is 2.35. The molecule has 0 saturated carbocycles. The molecule has 0 saturated heterocycles. The van der Waals surface area contributed by atoms with E-state index >= 15 is 0 Å². The van der Waals surface area contributed by atoms with Gasteiger partial charge in [0.05, 0.1) is 27.7 Å². The number of hydrogen-bond donors (Lipinski definition) is 1. The molecule has 0 aliphatic rings. The molecule has 10 heteroatoms. The monoisotopic (exact) mass is 456 g/mol. The predicted octanol–water partition coefficient (Wildman–Crippen LogP) is 3.07. The van der Waals surface area contributed by atoms with Gasteiger partial charge in [-0.2, -0.15) is 5.10 Å². The second-order valence-electron chi connectivity index (χ2n) is 6.01. The average molecular weight is 457 g/mol. The predicted molar refractivity (Wildman–Crippen MR) is 107 cm³/mol. The number of carbonyl (C=O) groups is 3. The number of amides is 2. The summed E-state index contributed by atoms with van der Waals surface area (Å²) in [5.74, 6) is -1.26. The zero-order valence-corrected chi connectivity index (χ0v) is 18.2. The number of aromatic nitrogens is 2. The third-order valence-corrected chi connectivity index (χ3v) is 5.50. The fourth-order valence-electron chi connectivity index (χ4n) is 2.35. The lowest BCUT2D eigenvalue weighted by molar-refractivity contribution is 0.0506. The molecule has 0 fully saturated rings. The van der Waals surface area contributed by atoms with Crippen LogP contribution in [0.5, 0.6) is 0 Å². The summed E-state index contributed by atoms with van der Waals surface area (Å²) in [4.78, 5) is 39.5. The number of nitrogens with zero attached hydrogens (tertiary/aromatic N) is 3.